The number of aliphatic carboxylic acids is 1. The normalized spacial score (nSPS) is 24.2. The Kier molecular flexibility index (Phi) is 4.44. The molecule has 24 heavy (non-hydrogen) atoms. The topological polar surface area (TPSA) is 95.7 Å². The number of rotatable bonds is 6. The van der Waals surface area contributed by atoms with Crippen LogP contribution in [0.3, 0.4) is 0 Å². The molecular weight excluding hydrogens is 330 g/mol. The zero-order chi connectivity index (χ0) is 17.6. The number of hydrogen-bond acceptors (Lipinski definition) is 5. The SMILES string of the molecule is CSCCn1nc(C2=C(C(=O)O)N3C(=O)[C@H]([C@@H](C)O)[C@H]3C2)cc1C. The molecule has 2 aliphatic rings. The van der Waals surface area contributed by atoms with Gasteiger partial charge in [-0.25, -0.2) is 4.79 Å². The number of carboxylic acids is 1. The maximum Gasteiger partial charge on any atom is 0.352 e. The molecule has 0 bridgehead atoms. The molecule has 1 fully saturated rings. The molecule has 7 nitrogen and oxygen atoms in total. The number of aryl methyl sites for hydroxylation is 2. The lowest BCUT2D eigenvalue weighted by Crippen LogP contribution is -2.61. The van der Waals surface area contributed by atoms with Gasteiger partial charge in [0.15, 0.2) is 0 Å². The highest BCUT2D eigenvalue weighted by Gasteiger charge is 2.57. The van der Waals surface area contributed by atoms with Crippen molar-refractivity contribution in [1.82, 2.24) is 14.7 Å². The number of amides is 1. The molecule has 1 saturated heterocycles. The Bertz CT molecular complexity index is 725. The van der Waals surface area contributed by atoms with E-state index < -0.39 is 18.0 Å². The van der Waals surface area contributed by atoms with E-state index in [1.54, 1.807) is 18.7 Å². The second kappa shape index (κ2) is 6.25. The van der Waals surface area contributed by atoms with Gasteiger partial charge in [0.25, 0.3) is 0 Å². The summed E-state index contributed by atoms with van der Waals surface area (Å²) >= 11 is 1.72. The van der Waals surface area contributed by atoms with Gasteiger partial charge >= 0.3 is 5.97 Å². The molecule has 3 heterocycles. The lowest BCUT2D eigenvalue weighted by molar-refractivity contribution is -0.161. The molecule has 0 aliphatic carbocycles. The van der Waals surface area contributed by atoms with Gasteiger partial charge in [-0.15, -0.1) is 0 Å². The summed E-state index contributed by atoms with van der Waals surface area (Å²) in [5, 5.41) is 23.9. The molecule has 0 saturated carbocycles. The molecule has 3 atom stereocenters. The Morgan fingerprint density at radius 1 is 1.54 bits per heavy atom. The van der Waals surface area contributed by atoms with Crippen molar-refractivity contribution in [3.05, 3.63) is 23.2 Å². The third kappa shape index (κ3) is 2.53. The first-order valence-electron chi connectivity index (χ1n) is 7.88. The zero-order valence-corrected chi connectivity index (χ0v) is 14.7. The fourth-order valence-electron chi connectivity index (χ4n) is 3.56. The molecule has 1 aromatic heterocycles. The fourth-order valence-corrected chi connectivity index (χ4v) is 3.92. The molecule has 8 heteroatoms. The highest BCUT2D eigenvalue weighted by Crippen LogP contribution is 2.46. The summed E-state index contributed by atoms with van der Waals surface area (Å²) in [6.07, 6.45) is 1.66. The van der Waals surface area contributed by atoms with Gasteiger partial charge in [0, 0.05) is 17.0 Å². The minimum Gasteiger partial charge on any atom is -0.477 e. The summed E-state index contributed by atoms with van der Waals surface area (Å²) < 4.78 is 1.86. The van der Waals surface area contributed by atoms with E-state index in [9.17, 15) is 19.8 Å². The summed E-state index contributed by atoms with van der Waals surface area (Å²) in [5.41, 5.74) is 2.16. The van der Waals surface area contributed by atoms with E-state index in [1.165, 1.54) is 4.90 Å². The van der Waals surface area contributed by atoms with Crippen LogP contribution >= 0.6 is 11.8 Å². The second-order valence-corrected chi connectivity index (χ2v) is 7.25. The molecule has 0 radical (unpaired) electrons. The number of β-lactam (4-membered cyclic amide) rings is 1. The maximum atomic E-state index is 12.2. The summed E-state index contributed by atoms with van der Waals surface area (Å²) in [6, 6.07) is 1.59. The average Bonchev–Trinajstić information content (AvgIpc) is 3.03. The van der Waals surface area contributed by atoms with Gasteiger partial charge in [-0.1, -0.05) is 0 Å². The summed E-state index contributed by atoms with van der Waals surface area (Å²) in [7, 11) is 0. The van der Waals surface area contributed by atoms with Crippen LogP contribution in [0, 0.1) is 12.8 Å². The number of aromatic nitrogens is 2. The Morgan fingerprint density at radius 3 is 2.83 bits per heavy atom. The molecular formula is C16H21N3O4S. The van der Waals surface area contributed by atoms with Gasteiger partial charge in [-0.05, 0) is 32.6 Å². The van der Waals surface area contributed by atoms with Crippen molar-refractivity contribution >= 4 is 29.2 Å². The monoisotopic (exact) mass is 351 g/mol. The molecule has 0 spiro atoms. The lowest BCUT2D eigenvalue weighted by Gasteiger charge is -2.44. The van der Waals surface area contributed by atoms with E-state index >= 15 is 0 Å². The van der Waals surface area contributed by atoms with E-state index in [-0.39, 0.29) is 17.6 Å². The van der Waals surface area contributed by atoms with Gasteiger partial charge in [-0.2, -0.15) is 16.9 Å². The first-order valence-corrected chi connectivity index (χ1v) is 9.27. The maximum absolute atomic E-state index is 12.2. The first kappa shape index (κ1) is 17.0. The molecule has 1 amide bonds. The molecule has 130 valence electrons. The van der Waals surface area contributed by atoms with Crippen LogP contribution in [0.15, 0.2) is 11.8 Å². The number of hydrogen-bond donors (Lipinski definition) is 2. The standard InChI is InChI=1S/C16H21N3O4S/c1-8-6-11(17-18(8)4-5-24-3)10-7-12-13(9(2)20)15(21)19(12)14(10)16(22)23/h6,9,12-13,20H,4-5,7H2,1-3H3,(H,22,23)/t9-,12-,13-/m1/s1. The van der Waals surface area contributed by atoms with Gasteiger partial charge in [0.05, 0.1) is 30.3 Å². The van der Waals surface area contributed by atoms with Crippen molar-refractivity contribution in [2.24, 2.45) is 5.92 Å². The highest BCUT2D eigenvalue weighted by atomic mass is 32.2. The van der Waals surface area contributed by atoms with Crippen LogP contribution in [-0.2, 0) is 16.1 Å². The van der Waals surface area contributed by atoms with Crippen molar-refractivity contribution in [3.8, 4) is 0 Å². The van der Waals surface area contributed by atoms with E-state index in [4.69, 9.17) is 0 Å². The summed E-state index contributed by atoms with van der Waals surface area (Å²) in [5.74, 6) is -1.05. The molecule has 3 rings (SSSR count). The number of aliphatic hydroxyl groups is 1. The van der Waals surface area contributed by atoms with Gasteiger partial charge in [0.1, 0.15) is 5.70 Å². The van der Waals surface area contributed by atoms with Gasteiger partial charge in [0.2, 0.25) is 5.91 Å². The van der Waals surface area contributed by atoms with Crippen LogP contribution in [-0.4, -0.2) is 60.9 Å². The third-order valence-electron chi connectivity index (χ3n) is 4.73. The minimum absolute atomic E-state index is 0.0106. The zero-order valence-electron chi connectivity index (χ0n) is 13.9. The molecule has 2 N–H and O–H groups in total. The predicted molar refractivity (Wildman–Crippen MR) is 90.3 cm³/mol. The van der Waals surface area contributed by atoms with Crippen LogP contribution in [0.5, 0.6) is 0 Å². The Hall–Kier alpha value is -1.80. The average molecular weight is 351 g/mol. The van der Waals surface area contributed by atoms with Crippen LogP contribution in [0.2, 0.25) is 0 Å². The second-order valence-electron chi connectivity index (χ2n) is 6.27. The third-order valence-corrected chi connectivity index (χ3v) is 5.32. The number of carbonyl (C=O) groups excluding carboxylic acids is 1. The van der Waals surface area contributed by atoms with Crippen molar-refractivity contribution in [3.63, 3.8) is 0 Å². The summed E-state index contributed by atoms with van der Waals surface area (Å²) in [4.78, 5) is 25.2. The van der Waals surface area contributed by atoms with E-state index in [0.29, 0.717) is 17.7 Å². The fraction of sp³-hybridized carbons (Fsp3) is 0.562. The van der Waals surface area contributed by atoms with Crippen molar-refractivity contribution in [2.75, 3.05) is 12.0 Å². The van der Waals surface area contributed by atoms with Crippen molar-refractivity contribution in [2.45, 2.75) is 39.0 Å². The number of fused-ring (bicyclic) bond motifs is 1. The summed E-state index contributed by atoms with van der Waals surface area (Å²) in [6.45, 7) is 4.26. The lowest BCUT2D eigenvalue weighted by atomic mass is 9.83. The van der Waals surface area contributed by atoms with Crippen LogP contribution < -0.4 is 0 Å². The highest BCUT2D eigenvalue weighted by molar-refractivity contribution is 7.98. The van der Waals surface area contributed by atoms with Gasteiger partial charge in [-0.3, -0.25) is 9.48 Å². The number of aliphatic hydroxyl groups excluding tert-OH is 1. The minimum atomic E-state index is -1.12. The number of nitrogens with zero attached hydrogens (tertiary/aromatic N) is 3. The van der Waals surface area contributed by atoms with Crippen molar-refractivity contribution in [1.29, 1.82) is 0 Å². The van der Waals surface area contributed by atoms with E-state index in [2.05, 4.69) is 5.10 Å². The van der Waals surface area contributed by atoms with Gasteiger partial charge < -0.3 is 15.1 Å². The molecule has 0 aromatic carbocycles. The molecule has 2 aliphatic heterocycles. The number of carboxylic acid groups (broad SMARTS) is 1. The largest absolute Gasteiger partial charge is 0.477 e. The quantitative estimate of drug-likeness (QED) is 0.741. The van der Waals surface area contributed by atoms with E-state index in [1.807, 2.05) is 23.9 Å². The van der Waals surface area contributed by atoms with E-state index in [0.717, 1.165) is 18.0 Å². The Morgan fingerprint density at radius 2 is 2.25 bits per heavy atom. The molecule has 0 unspecified atom stereocenters. The van der Waals surface area contributed by atoms with Crippen LogP contribution in [0.25, 0.3) is 5.57 Å². The Labute approximate surface area is 144 Å². The first-order chi connectivity index (χ1) is 11.4. The van der Waals surface area contributed by atoms with Crippen LogP contribution in [0.1, 0.15) is 24.7 Å². The predicted octanol–water partition coefficient (Wildman–Crippen LogP) is 0.962. The Balaban J connectivity index is 1.95. The van der Waals surface area contributed by atoms with Crippen LogP contribution in [0.4, 0.5) is 0 Å². The number of carbonyl (C=O) groups is 2. The van der Waals surface area contributed by atoms with Crippen molar-refractivity contribution < 1.29 is 19.8 Å². The number of thioether (sulfide) groups is 1. The smallest absolute Gasteiger partial charge is 0.352 e. The molecule has 1 aromatic rings.